The number of halogens is 2. The van der Waals surface area contributed by atoms with Crippen LogP contribution in [-0.2, 0) is 11.2 Å². The Labute approximate surface area is 140 Å². The summed E-state index contributed by atoms with van der Waals surface area (Å²) in [5.74, 6) is -0.251. The fourth-order valence-electron chi connectivity index (χ4n) is 1.87. The SMILES string of the molecule is Cl.NC(=O)C([AsH]CCc1cccs1)c1ccccc1Cl. The fraction of sp³-hybridized carbons (Fsp3) is 0.214. The Kier molecular flexibility index (Phi) is 7.68. The summed E-state index contributed by atoms with van der Waals surface area (Å²) < 4.78 is -0.173. The molecule has 1 aromatic heterocycles. The van der Waals surface area contributed by atoms with Crippen molar-refractivity contribution in [2.45, 2.75) is 16.3 Å². The molecule has 2 rings (SSSR count). The molecule has 0 aliphatic carbocycles. The van der Waals surface area contributed by atoms with Gasteiger partial charge in [0, 0.05) is 0 Å². The van der Waals surface area contributed by atoms with Crippen LogP contribution in [0.25, 0.3) is 0 Å². The number of hydrogen-bond donors (Lipinski definition) is 1. The summed E-state index contributed by atoms with van der Waals surface area (Å²) in [5.41, 5.74) is 6.42. The molecule has 0 radical (unpaired) electrons. The van der Waals surface area contributed by atoms with Gasteiger partial charge >= 0.3 is 129 Å². The predicted octanol–water partition coefficient (Wildman–Crippen LogP) is 3.45. The van der Waals surface area contributed by atoms with Crippen molar-refractivity contribution in [3.63, 3.8) is 0 Å². The first kappa shape index (κ1) is 17.6. The summed E-state index contributed by atoms with van der Waals surface area (Å²) in [7, 11) is 0. The Hall–Kier alpha value is -0.472. The first-order valence-electron chi connectivity index (χ1n) is 5.98. The third-order valence-electron chi connectivity index (χ3n) is 2.80. The molecule has 0 fully saturated rings. The maximum atomic E-state index is 11.6. The topological polar surface area (TPSA) is 43.1 Å². The van der Waals surface area contributed by atoms with Crippen molar-refractivity contribution in [3.8, 4) is 0 Å². The molecule has 2 N–H and O–H groups in total. The monoisotopic (exact) mass is 391 g/mol. The van der Waals surface area contributed by atoms with Gasteiger partial charge in [-0.1, -0.05) is 0 Å². The van der Waals surface area contributed by atoms with Gasteiger partial charge in [-0.3, -0.25) is 0 Å². The third-order valence-corrected chi connectivity index (χ3v) is 7.32. The molecule has 2 unspecified atom stereocenters. The molecule has 2 aromatic rings. The molecular weight excluding hydrogens is 376 g/mol. The first-order valence-corrected chi connectivity index (χ1v) is 9.93. The van der Waals surface area contributed by atoms with Crippen LogP contribution in [0, 0.1) is 0 Å². The van der Waals surface area contributed by atoms with Crippen molar-refractivity contribution in [1.82, 2.24) is 0 Å². The van der Waals surface area contributed by atoms with E-state index in [4.69, 9.17) is 17.3 Å². The number of carbonyl (C=O) groups is 1. The number of benzene rings is 1. The molecule has 0 aliphatic heterocycles. The molecule has 0 aliphatic rings. The van der Waals surface area contributed by atoms with Gasteiger partial charge in [0.2, 0.25) is 0 Å². The average Bonchev–Trinajstić information content (AvgIpc) is 2.89. The number of nitrogens with two attached hydrogens (primary N) is 1. The van der Waals surface area contributed by atoms with Gasteiger partial charge in [-0.05, 0) is 0 Å². The molecule has 0 spiro atoms. The summed E-state index contributed by atoms with van der Waals surface area (Å²) in [6, 6.07) is 11.7. The van der Waals surface area contributed by atoms with Crippen molar-refractivity contribution in [3.05, 3.63) is 57.2 Å². The second kappa shape index (κ2) is 8.74. The van der Waals surface area contributed by atoms with Gasteiger partial charge in [-0.25, -0.2) is 0 Å². The average molecular weight is 392 g/mol. The van der Waals surface area contributed by atoms with E-state index in [1.54, 1.807) is 11.3 Å². The van der Waals surface area contributed by atoms with Crippen LogP contribution >= 0.6 is 35.3 Å². The van der Waals surface area contributed by atoms with E-state index in [1.165, 1.54) is 4.88 Å². The molecule has 20 heavy (non-hydrogen) atoms. The molecule has 1 amide bonds. The van der Waals surface area contributed by atoms with E-state index in [9.17, 15) is 4.79 Å². The van der Waals surface area contributed by atoms with Gasteiger partial charge in [-0.15, -0.1) is 12.4 Å². The van der Waals surface area contributed by atoms with Crippen molar-refractivity contribution in [2.24, 2.45) is 5.73 Å². The normalized spacial score (nSPS) is 12.2. The summed E-state index contributed by atoms with van der Waals surface area (Å²) in [6.45, 7) is 0. The van der Waals surface area contributed by atoms with Gasteiger partial charge in [0.15, 0.2) is 0 Å². The van der Waals surface area contributed by atoms with Gasteiger partial charge in [-0.2, -0.15) is 0 Å². The zero-order valence-electron chi connectivity index (χ0n) is 10.7. The number of carbonyl (C=O) groups excluding carboxylic acids is 1. The van der Waals surface area contributed by atoms with Crippen LogP contribution in [0.2, 0.25) is 10.2 Å². The molecule has 0 saturated carbocycles. The van der Waals surface area contributed by atoms with Crippen molar-refractivity contribution < 1.29 is 4.79 Å². The van der Waals surface area contributed by atoms with E-state index < -0.39 is 15.8 Å². The molecule has 2 nitrogen and oxygen atoms in total. The Balaban J connectivity index is 0.00000200. The van der Waals surface area contributed by atoms with Gasteiger partial charge < -0.3 is 0 Å². The summed E-state index contributed by atoms with van der Waals surface area (Å²) in [6.07, 6.45) is 1.03. The van der Waals surface area contributed by atoms with Crippen LogP contribution in [0.3, 0.4) is 0 Å². The Bertz CT molecular complexity index is 548. The molecule has 6 heteroatoms. The van der Waals surface area contributed by atoms with Crippen molar-refractivity contribution in [1.29, 1.82) is 0 Å². The van der Waals surface area contributed by atoms with Gasteiger partial charge in [0.05, 0.1) is 0 Å². The number of thiophene rings is 1. The number of primary amides is 1. The van der Waals surface area contributed by atoms with Crippen LogP contribution in [-0.4, -0.2) is 21.7 Å². The van der Waals surface area contributed by atoms with E-state index in [-0.39, 0.29) is 23.0 Å². The van der Waals surface area contributed by atoms with Crippen LogP contribution < -0.4 is 5.73 Å². The van der Waals surface area contributed by atoms with E-state index >= 15 is 0 Å². The molecule has 1 aromatic carbocycles. The Morgan fingerprint density at radius 1 is 1.30 bits per heavy atom. The second-order valence-electron chi connectivity index (χ2n) is 4.14. The molecule has 0 saturated heterocycles. The van der Waals surface area contributed by atoms with E-state index in [2.05, 4.69) is 17.5 Å². The van der Waals surface area contributed by atoms with E-state index in [1.807, 2.05) is 24.3 Å². The molecule has 0 bridgehead atoms. The number of amides is 1. The van der Waals surface area contributed by atoms with E-state index in [0.29, 0.717) is 5.02 Å². The van der Waals surface area contributed by atoms with Crippen LogP contribution in [0.1, 0.15) is 15.1 Å². The zero-order valence-corrected chi connectivity index (χ0v) is 15.2. The van der Waals surface area contributed by atoms with Gasteiger partial charge in [0.1, 0.15) is 0 Å². The fourth-order valence-corrected chi connectivity index (χ4v) is 6.28. The Morgan fingerprint density at radius 2 is 2.05 bits per heavy atom. The summed E-state index contributed by atoms with van der Waals surface area (Å²) in [5, 5.41) is 3.78. The molecule has 2 atom stereocenters. The summed E-state index contributed by atoms with van der Waals surface area (Å²) >= 11 is 7.43. The van der Waals surface area contributed by atoms with Gasteiger partial charge in [0.25, 0.3) is 0 Å². The Morgan fingerprint density at radius 3 is 2.65 bits per heavy atom. The maximum absolute atomic E-state index is 11.6. The van der Waals surface area contributed by atoms with E-state index in [0.717, 1.165) is 17.2 Å². The van der Waals surface area contributed by atoms with Crippen LogP contribution in [0.5, 0.6) is 0 Å². The zero-order chi connectivity index (χ0) is 13.7. The molecule has 1 heterocycles. The minimum absolute atomic E-state index is 0. The first-order chi connectivity index (χ1) is 9.18. The minimum atomic E-state index is -0.481. The number of rotatable bonds is 6. The number of aryl methyl sites for hydroxylation is 1. The second-order valence-corrected chi connectivity index (χ2v) is 8.70. The standard InChI is InChI=1S/C14H15AsClNOS.ClH/c16-12-6-2-1-5-11(12)13(14(17)18)15-8-7-10-4-3-9-19-10;/h1-6,9,13,15H,7-8H2,(H2,17,18);1H. The number of hydrogen-bond acceptors (Lipinski definition) is 2. The summed E-state index contributed by atoms with van der Waals surface area (Å²) in [4.78, 5) is 13.0. The van der Waals surface area contributed by atoms with Crippen molar-refractivity contribution in [2.75, 3.05) is 0 Å². The molecule has 108 valence electrons. The third kappa shape index (κ3) is 4.82. The predicted molar refractivity (Wildman–Crippen MR) is 90.6 cm³/mol. The molecular formula is C14H16AsCl2NOS. The quantitative estimate of drug-likeness (QED) is 0.753. The van der Waals surface area contributed by atoms with Crippen molar-refractivity contribution >= 4 is 57.0 Å². The van der Waals surface area contributed by atoms with Crippen LogP contribution in [0.4, 0.5) is 0 Å². The van der Waals surface area contributed by atoms with Crippen LogP contribution in [0.15, 0.2) is 41.8 Å².